The van der Waals surface area contributed by atoms with Crippen molar-refractivity contribution in [3.05, 3.63) is 71.9 Å². The molecule has 2 aromatic carbocycles. The molecule has 1 N–H and O–H groups in total. The van der Waals surface area contributed by atoms with E-state index < -0.39 is 0 Å². The Morgan fingerprint density at radius 3 is 2.29 bits per heavy atom. The number of piperazine rings is 1. The van der Waals surface area contributed by atoms with Gasteiger partial charge < -0.3 is 15.1 Å². The Bertz CT molecular complexity index is 917. The molecule has 0 unspecified atom stereocenters. The van der Waals surface area contributed by atoms with Gasteiger partial charge in [-0.1, -0.05) is 43.3 Å². The van der Waals surface area contributed by atoms with E-state index in [2.05, 4.69) is 81.6 Å². The van der Waals surface area contributed by atoms with E-state index in [1.165, 1.54) is 11.3 Å². The Morgan fingerprint density at radius 1 is 0.857 bits per heavy atom. The van der Waals surface area contributed by atoms with Gasteiger partial charge in [0.05, 0.1) is 0 Å². The minimum atomic E-state index is 0.668. The second-order valence-corrected chi connectivity index (χ2v) is 7.14. The maximum atomic E-state index is 4.81. The van der Waals surface area contributed by atoms with Crippen LogP contribution in [-0.2, 0) is 6.42 Å². The van der Waals surface area contributed by atoms with Crippen molar-refractivity contribution < 1.29 is 0 Å². The van der Waals surface area contributed by atoms with Crippen LogP contribution in [0.2, 0.25) is 0 Å². The van der Waals surface area contributed by atoms with Crippen LogP contribution in [-0.4, -0.2) is 36.1 Å². The summed E-state index contributed by atoms with van der Waals surface area (Å²) >= 11 is 0. The highest BCUT2D eigenvalue weighted by Gasteiger charge is 2.19. The van der Waals surface area contributed by atoms with Crippen molar-refractivity contribution in [2.75, 3.05) is 41.3 Å². The smallest absolute Gasteiger partial charge is 0.229 e. The number of hydrogen-bond donors (Lipinski definition) is 1. The summed E-state index contributed by atoms with van der Waals surface area (Å²) < 4.78 is 0. The van der Waals surface area contributed by atoms with Crippen molar-refractivity contribution in [2.45, 2.75) is 20.3 Å². The lowest BCUT2D eigenvalue weighted by atomic mass is 10.1. The van der Waals surface area contributed by atoms with Gasteiger partial charge in [-0.15, -0.1) is 0 Å². The van der Waals surface area contributed by atoms with Gasteiger partial charge in [0.1, 0.15) is 5.82 Å². The first-order valence-electron chi connectivity index (χ1n) is 9.98. The lowest BCUT2D eigenvalue weighted by Gasteiger charge is -2.36. The average molecular weight is 374 g/mol. The molecule has 1 saturated heterocycles. The summed E-state index contributed by atoms with van der Waals surface area (Å²) in [7, 11) is 0. The van der Waals surface area contributed by atoms with Gasteiger partial charge in [0, 0.05) is 49.3 Å². The third-order valence-corrected chi connectivity index (χ3v) is 5.21. The second kappa shape index (κ2) is 8.30. The zero-order valence-electron chi connectivity index (χ0n) is 16.6. The molecule has 5 nitrogen and oxygen atoms in total. The minimum absolute atomic E-state index is 0.668. The van der Waals surface area contributed by atoms with E-state index in [1.54, 1.807) is 0 Å². The van der Waals surface area contributed by atoms with Crippen molar-refractivity contribution in [2.24, 2.45) is 0 Å². The summed E-state index contributed by atoms with van der Waals surface area (Å²) in [6, 6.07) is 21.0. The van der Waals surface area contributed by atoms with Gasteiger partial charge in [0.15, 0.2) is 0 Å². The van der Waals surface area contributed by atoms with E-state index in [0.717, 1.165) is 49.8 Å². The lowest BCUT2D eigenvalue weighted by Crippen LogP contribution is -2.46. The van der Waals surface area contributed by atoms with Crippen molar-refractivity contribution in [1.29, 1.82) is 0 Å². The fourth-order valence-corrected chi connectivity index (χ4v) is 3.67. The van der Waals surface area contributed by atoms with Crippen molar-refractivity contribution in [1.82, 2.24) is 9.97 Å². The van der Waals surface area contributed by atoms with Crippen molar-refractivity contribution in [3.8, 4) is 0 Å². The molecule has 0 aliphatic carbocycles. The van der Waals surface area contributed by atoms with E-state index in [4.69, 9.17) is 4.98 Å². The van der Waals surface area contributed by atoms with Gasteiger partial charge >= 0.3 is 0 Å². The fraction of sp³-hybridized carbons (Fsp3) is 0.304. The van der Waals surface area contributed by atoms with Crippen LogP contribution in [0.3, 0.4) is 0 Å². The molecular formula is C23H27N5. The van der Waals surface area contributed by atoms with Gasteiger partial charge in [-0.3, -0.25) is 0 Å². The Labute approximate surface area is 167 Å². The number of hydrogen-bond acceptors (Lipinski definition) is 5. The molecule has 1 fully saturated rings. The molecule has 2 heterocycles. The van der Waals surface area contributed by atoms with E-state index in [1.807, 2.05) is 13.0 Å². The summed E-state index contributed by atoms with van der Waals surface area (Å²) in [6.45, 7) is 8.09. The predicted molar refractivity (Wildman–Crippen MR) is 117 cm³/mol. The number of rotatable bonds is 5. The third kappa shape index (κ3) is 4.09. The van der Waals surface area contributed by atoms with Crippen LogP contribution < -0.4 is 15.1 Å². The van der Waals surface area contributed by atoms with E-state index in [0.29, 0.717) is 5.95 Å². The highest BCUT2D eigenvalue weighted by molar-refractivity contribution is 5.60. The van der Waals surface area contributed by atoms with E-state index in [-0.39, 0.29) is 0 Å². The van der Waals surface area contributed by atoms with Gasteiger partial charge in [-0.25, -0.2) is 4.98 Å². The fourth-order valence-electron chi connectivity index (χ4n) is 3.67. The molecule has 28 heavy (non-hydrogen) atoms. The number of nitrogens with one attached hydrogen (secondary N) is 1. The largest absolute Gasteiger partial charge is 0.368 e. The number of para-hydroxylation sites is 2. The first-order chi connectivity index (χ1) is 13.7. The molecule has 0 bridgehead atoms. The minimum Gasteiger partial charge on any atom is -0.368 e. The van der Waals surface area contributed by atoms with Gasteiger partial charge in [0.2, 0.25) is 5.95 Å². The molecule has 5 heteroatoms. The molecule has 1 aliphatic heterocycles. The zero-order valence-corrected chi connectivity index (χ0v) is 16.6. The van der Waals surface area contributed by atoms with Crippen LogP contribution >= 0.6 is 0 Å². The first-order valence-corrected chi connectivity index (χ1v) is 9.98. The topological polar surface area (TPSA) is 44.3 Å². The van der Waals surface area contributed by atoms with Gasteiger partial charge in [-0.2, -0.15) is 4.98 Å². The summed E-state index contributed by atoms with van der Waals surface area (Å²) in [5, 5.41) is 3.42. The molecule has 1 aliphatic rings. The van der Waals surface area contributed by atoms with Gasteiger partial charge in [0.25, 0.3) is 0 Å². The van der Waals surface area contributed by atoms with E-state index >= 15 is 0 Å². The maximum Gasteiger partial charge on any atom is 0.229 e. The highest BCUT2D eigenvalue weighted by atomic mass is 15.3. The maximum absolute atomic E-state index is 4.81. The number of aryl methyl sites for hydroxylation is 2. The normalized spacial score (nSPS) is 14.2. The molecule has 144 valence electrons. The van der Waals surface area contributed by atoms with Crippen molar-refractivity contribution >= 4 is 23.1 Å². The number of anilines is 4. The quantitative estimate of drug-likeness (QED) is 0.717. The van der Waals surface area contributed by atoms with Crippen LogP contribution in [0.25, 0.3) is 0 Å². The molecule has 0 amide bonds. The van der Waals surface area contributed by atoms with E-state index in [9.17, 15) is 0 Å². The lowest BCUT2D eigenvalue weighted by molar-refractivity contribution is 0.647. The van der Waals surface area contributed by atoms with Crippen LogP contribution in [0.4, 0.5) is 23.1 Å². The number of benzene rings is 2. The molecule has 3 aromatic rings. The molecule has 0 radical (unpaired) electrons. The highest BCUT2D eigenvalue weighted by Crippen LogP contribution is 2.23. The Hall–Kier alpha value is -3.08. The first kappa shape index (κ1) is 18.3. The van der Waals surface area contributed by atoms with Crippen LogP contribution in [0.1, 0.15) is 18.2 Å². The standard InChI is InChI=1S/C23H27N5/c1-3-19-9-7-8-12-21(19)25-23-24-18(2)17-22(26-23)28-15-13-27(14-16-28)20-10-5-4-6-11-20/h4-12,17H,3,13-16H2,1-2H3,(H,24,25,26). The number of nitrogens with zero attached hydrogens (tertiary/aromatic N) is 4. The molecule has 4 rings (SSSR count). The van der Waals surface area contributed by atoms with Crippen LogP contribution in [0.5, 0.6) is 0 Å². The van der Waals surface area contributed by atoms with Gasteiger partial charge in [-0.05, 0) is 37.1 Å². The monoisotopic (exact) mass is 373 g/mol. The summed E-state index contributed by atoms with van der Waals surface area (Å²) in [6.07, 6.45) is 0.975. The third-order valence-electron chi connectivity index (χ3n) is 5.21. The summed E-state index contributed by atoms with van der Waals surface area (Å²) in [4.78, 5) is 14.2. The molecular weight excluding hydrogens is 346 g/mol. The predicted octanol–water partition coefficient (Wildman–Crippen LogP) is 4.42. The Balaban J connectivity index is 1.49. The molecule has 0 spiro atoms. The number of aromatic nitrogens is 2. The molecule has 1 aromatic heterocycles. The van der Waals surface area contributed by atoms with Crippen molar-refractivity contribution in [3.63, 3.8) is 0 Å². The average Bonchev–Trinajstić information content (AvgIpc) is 2.74. The summed E-state index contributed by atoms with van der Waals surface area (Å²) in [5.41, 5.74) is 4.62. The van der Waals surface area contributed by atoms with Crippen LogP contribution in [0, 0.1) is 6.92 Å². The SMILES string of the molecule is CCc1ccccc1Nc1nc(C)cc(N2CCN(c3ccccc3)CC2)n1. The zero-order chi connectivity index (χ0) is 19.3. The molecule has 0 atom stereocenters. The second-order valence-electron chi connectivity index (χ2n) is 7.14. The molecule has 0 saturated carbocycles. The van der Waals surface area contributed by atoms with Crippen LogP contribution in [0.15, 0.2) is 60.7 Å². The summed E-state index contributed by atoms with van der Waals surface area (Å²) in [5.74, 6) is 1.66. The Morgan fingerprint density at radius 2 is 1.54 bits per heavy atom. The Kier molecular flexibility index (Phi) is 5.42.